The van der Waals surface area contributed by atoms with E-state index in [2.05, 4.69) is 15.3 Å². The molecule has 2 rings (SSSR count). The van der Waals surface area contributed by atoms with Gasteiger partial charge in [-0.15, -0.1) is 0 Å². The number of rotatable bonds is 2. The van der Waals surface area contributed by atoms with Crippen LogP contribution in [0.2, 0.25) is 5.15 Å². The van der Waals surface area contributed by atoms with Crippen LogP contribution in [0.3, 0.4) is 0 Å². The van der Waals surface area contributed by atoms with Crippen LogP contribution in [0.4, 0.5) is 16.6 Å². The third-order valence-corrected chi connectivity index (χ3v) is 3.11. The van der Waals surface area contributed by atoms with E-state index >= 15 is 0 Å². The molecule has 104 valence electrons. The number of nitrogens with zero attached hydrogens (tertiary/aromatic N) is 4. The number of carbonyl (C=O) groups excluding carboxylic acids is 1. The Bertz CT molecular complexity index is 440. The van der Waals surface area contributed by atoms with Gasteiger partial charge in [-0.1, -0.05) is 11.6 Å². The van der Waals surface area contributed by atoms with Gasteiger partial charge in [0.1, 0.15) is 11.0 Å². The Hall–Kier alpha value is -1.76. The number of halogens is 1. The number of nitrogen functional groups attached to an aromatic ring is 1. The first-order valence-electron chi connectivity index (χ1n) is 6.18. The van der Waals surface area contributed by atoms with Crippen molar-refractivity contribution in [1.29, 1.82) is 0 Å². The molecule has 0 unspecified atom stereocenters. The third kappa shape index (κ3) is 3.37. The second-order valence-corrected chi connectivity index (χ2v) is 4.60. The monoisotopic (exact) mass is 284 g/mol. The summed E-state index contributed by atoms with van der Waals surface area (Å²) in [6.45, 7) is 5.23. The zero-order valence-corrected chi connectivity index (χ0v) is 11.5. The van der Waals surface area contributed by atoms with Gasteiger partial charge in [-0.25, -0.2) is 9.78 Å². The van der Waals surface area contributed by atoms with E-state index in [-0.39, 0.29) is 12.0 Å². The minimum absolute atomic E-state index is 0.0256. The van der Waals surface area contributed by atoms with Crippen LogP contribution in [-0.2, 0) is 0 Å². The average Bonchev–Trinajstić information content (AvgIpc) is 2.38. The molecule has 3 N–H and O–H groups in total. The normalized spacial score (nSPS) is 15.5. The predicted molar refractivity (Wildman–Crippen MR) is 74.3 cm³/mol. The molecule has 7 nitrogen and oxygen atoms in total. The molecular formula is C11H17ClN6O. The first kappa shape index (κ1) is 13.7. The molecule has 1 saturated heterocycles. The fraction of sp³-hybridized carbons (Fsp3) is 0.545. The Morgan fingerprint density at radius 1 is 1.42 bits per heavy atom. The lowest BCUT2D eigenvalue weighted by Crippen LogP contribution is -2.52. The molecule has 1 fully saturated rings. The molecule has 1 aliphatic heterocycles. The van der Waals surface area contributed by atoms with Crippen LogP contribution in [0.15, 0.2) is 6.07 Å². The van der Waals surface area contributed by atoms with Gasteiger partial charge in [-0.05, 0) is 6.92 Å². The molecule has 19 heavy (non-hydrogen) atoms. The Labute approximate surface area is 116 Å². The Morgan fingerprint density at radius 3 is 2.68 bits per heavy atom. The third-order valence-electron chi connectivity index (χ3n) is 2.92. The fourth-order valence-corrected chi connectivity index (χ4v) is 2.17. The van der Waals surface area contributed by atoms with Gasteiger partial charge in [-0.2, -0.15) is 4.98 Å². The van der Waals surface area contributed by atoms with E-state index in [1.54, 1.807) is 11.0 Å². The lowest BCUT2D eigenvalue weighted by Gasteiger charge is -2.35. The van der Waals surface area contributed by atoms with Crippen molar-refractivity contribution >= 4 is 29.4 Å². The number of urea groups is 1. The summed E-state index contributed by atoms with van der Waals surface area (Å²) in [5, 5.41) is 3.12. The number of anilines is 2. The van der Waals surface area contributed by atoms with Gasteiger partial charge < -0.3 is 20.9 Å². The standard InChI is InChI=1S/C11H17ClN6O/c1-2-14-11(19)18-5-3-17(4-6-18)9-7-8(12)15-10(13)16-9/h7H,2-6H2,1H3,(H,14,19)(H2,13,15,16). The minimum Gasteiger partial charge on any atom is -0.368 e. The maximum absolute atomic E-state index is 11.7. The highest BCUT2D eigenvalue weighted by atomic mass is 35.5. The SMILES string of the molecule is CCNC(=O)N1CCN(c2cc(Cl)nc(N)n2)CC1. The number of piperazine rings is 1. The van der Waals surface area contributed by atoms with Crippen LogP contribution in [0.1, 0.15) is 6.92 Å². The highest BCUT2D eigenvalue weighted by molar-refractivity contribution is 6.29. The molecule has 2 heterocycles. The second kappa shape index (κ2) is 5.92. The van der Waals surface area contributed by atoms with Crippen molar-refractivity contribution < 1.29 is 4.79 Å². The molecule has 1 aromatic heterocycles. The van der Waals surface area contributed by atoms with Gasteiger partial charge in [0.05, 0.1) is 0 Å². The number of aromatic nitrogens is 2. The highest BCUT2D eigenvalue weighted by Crippen LogP contribution is 2.18. The number of nitrogens with two attached hydrogens (primary N) is 1. The van der Waals surface area contributed by atoms with Crippen LogP contribution in [-0.4, -0.2) is 53.6 Å². The van der Waals surface area contributed by atoms with E-state index in [1.165, 1.54) is 0 Å². The molecule has 0 saturated carbocycles. The lowest BCUT2D eigenvalue weighted by atomic mass is 10.3. The first-order valence-corrected chi connectivity index (χ1v) is 6.55. The smallest absolute Gasteiger partial charge is 0.317 e. The average molecular weight is 285 g/mol. The zero-order valence-electron chi connectivity index (χ0n) is 10.8. The van der Waals surface area contributed by atoms with Gasteiger partial charge in [-0.3, -0.25) is 0 Å². The minimum atomic E-state index is -0.0256. The van der Waals surface area contributed by atoms with E-state index in [0.29, 0.717) is 43.7 Å². The summed E-state index contributed by atoms with van der Waals surface area (Å²) < 4.78 is 0. The van der Waals surface area contributed by atoms with Gasteiger partial charge >= 0.3 is 6.03 Å². The van der Waals surface area contributed by atoms with Crippen LogP contribution in [0.5, 0.6) is 0 Å². The van der Waals surface area contributed by atoms with Crippen molar-refractivity contribution in [2.75, 3.05) is 43.4 Å². The maximum atomic E-state index is 11.7. The summed E-state index contributed by atoms with van der Waals surface area (Å²) in [5.74, 6) is 0.863. The van der Waals surface area contributed by atoms with Crippen LogP contribution in [0.25, 0.3) is 0 Å². The Kier molecular flexibility index (Phi) is 4.26. The second-order valence-electron chi connectivity index (χ2n) is 4.22. The van der Waals surface area contributed by atoms with Crippen molar-refractivity contribution in [2.45, 2.75) is 6.92 Å². The number of carbonyl (C=O) groups is 1. The maximum Gasteiger partial charge on any atom is 0.317 e. The molecule has 1 aromatic rings. The first-order chi connectivity index (χ1) is 9.10. The van der Waals surface area contributed by atoms with E-state index < -0.39 is 0 Å². The van der Waals surface area contributed by atoms with Gasteiger partial charge in [0.2, 0.25) is 5.95 Å². The van der Waals surface area contributed by atoms with Crippen LogP contribution in [0, 0.1) is 0 Å². The summed E-state index contributed by atoms with van der Waals surface area (Å²) in [5.41, 5.74) is 5.57. The van der Waals surface area contributed by atoms with Crippen molar-refractivity contribution in [3.8, 4) is 0 Å². The van der Waals surface area contributed by atoms with Crippen molar-refractivity contribution in [1.82, 2.24) is 20.2 Å². The number of nitrogens with one attached hydrogen (secondary N) is 1. The zero-order chi connectivity index (χ0) is 13.8. The largest absolute Gasteiger partial charge is 0.368 e. The number of hydrogen-bond acceptors (Lipinski definition) is 5. The Morgan fingerprint density at radius 2 is 2.11 bits per heavy atom. The van der Waals surface area contributed by atoms with Crippen molar-refractivity contribution in [2.24, 2.45) is 0 Å². The molecule has 0 aliphatic carbocycles. The van der Waals surface area contributed by atoms with Gasteiger partial charge in [0, 0.05) is 38.8 Å². The van der Waals surface area contributed by atoms with Crippen molar-refractivity contribution in [3.05, 3.63) is 11.2 Å². The molecule has 0 aromatic carbocycles. The highest BCUT2D eigenvalue weighted by Gasteiger charge is 2.21. The molecular weight excluding hydrogens is 268 g/mol. The summed E-state index contributed by atoms with van der Waals surface area (Å²) in [7, 11) is 0. The van der Waals surface area contributed by atoms with Gasteiger partial charge in [0.15, 0.2) is 0 Å². The summed E-state index contributed by atoms with van der Waals surface area (Å²) >= 11 is 5.86. The summed E-state index contributed by atoms with van der Waals surface area (Å²) in [4.78, 5) is 23.5. The summed E-state index contributed by atoms with van der Waals surface area (Å²) in [6, 6.07) is 1.65. The fourth-order valence-electron chi connectivity index (χ4n) is 1.99. The number of amides is 2. The van der Waals surface area contributed by atoms with Crippen molar-refractivity contribution in [3.63, 3.8) is 0 Å². The van der Waals surface area contributed by atoms with Crippen LogP contribution < -0.4 is 16.0 Å². The Balaban J connectivity index is 1.97. The molecule has 8 heteroatoms. The molecule has 1 aliphatic rings. The summed E-state index contributed by atoms with van der Waals surface area (Å²) in [6.07, 6.45) is 0. The number of hydrogen-bond donors (Lipinski definition) is 2. The predicted octanol–water partition coefficient (Wildman–Crippen LogP) is 0.564. The van der Waals surface area contributed by atoms with E-state index in [9.17, 15) is 4.79 Å². The topological polar surface area (TPSA) is 87.4 Å². The van der Waals surface area contributed by atoms with E-state index in [1.807, 2.05) is 11.8 Å². The molecule has 0 radical (unpaired) electrons. The molecule has 2 amide bonds. The molecule has 0 spiro atoms. The molecule has 0 atom stereocenters. The van der Waals surface area contributed by atoms with Gasteiger partial charge in [0.25, 0.3) is 0 Å². The quantitative estimate of drug-likeness (QED) is 0.775. The van der Waals surface area contributed by atoms with Crippen LogP contribution >= 0.6 is 11.6 Å². The lowest BCUT2D eigenvalue weighted by molar-refractivity contribution is 0.195. The van der Waals surface area contributed by atoms with E-state index in [0.717, 1.165) is 0 Å². The molecule has 0 bridgehead atoms. The van der Waals surface area contributed by atoms with E-state index in [4.69, 9.17) is 17.3 Å².